The van der Waals surface area contributed by atoms with E-state index in [2.05, 4.69) is 15.3 Å². The van der Waals surface area contributed by atoms with Crippen LogP contribution in [0.3, 0.4) is 0 Å². The van der Waals surface area contributed by atoms with E-state index < -0.39 is 0 Å². The molecule has 0 aliphatic rings. The smallest absolute Gasteiger partial charge is 0.321 e. The van der Waals surface area contributed by atoms with Gasteiger partial charge in [0.15, 0.2) is 0 Å². The van der Waals surface area contributed by atoms with Crippen molar-refractivity contribution in [2.24, 2.45) is 0 Å². The molecule has 0 aliphatic carbocycles. The fraction of sp³-hybridized carbons (Fsp3) is 0.333. The number of ether oxygens (including phenoxy) is 2. The lowest BCUT2D eigenvalue weighted by Crippen LogP contribution is -2.18. The van der Waals surface area contributed by atoms with Gasteiger partial charge < -0.3 is 14.8 Å². The lowest BCUT2D eigenvalue weighted by molar-refractivity contribution is 0.199. The summed E-state index contributed by atoms with van der Waals surface area (Å²) >= 11 is 6.11. The van der Waals surface area contributed by atoms with Crippen molar-refractivity contribution in [3.8, 4) is 11.8 Å². The number of hydrogen-bond acceptors (Lipinski definition) is 5. The highest BCUT2D eigenvalue weighted by Crippen LogP contribution is 2.28. The van der Waals surface area contributed by atoms with Crippen molar-refractivity contribution in [2.45, 2.75) is 13.5 Å². The summed E-state index contributed by atoms with van der Waals surface area (Å²) in [4.78, 5) is 8.35. The van der Waals surface area contributed by atoms with Crippen molar-refractivity contribution in [1.82, 2.24) is 15.3 Å². The van der Waals surface area contributed by atoms with Gasteiger partial charge in [-0.3, -0.25) is 0 Å². The summed E-state index contributed by atoms with van der Waals surface area (Å²) < 4.78 is 10.5. The Morgan fingerprint density at radius 1 is 1.24 bits per heavy atom. The van der Waals surface area contributed by atoms with Crippen molar-refractivity contribution in [3.05, 3.63) is 46.7 Å². The third-order valence-corrected chi connectivity index (χ3v) is 3.08. The predicted molar refractivity (Wildman–Crippen MR) is 81.9 cm³/mol. The van der Waals surface area contributed by atoms with E-state index in [1.54, 1.807) is 25.6 Å². The molecule has 112 valence electrons. The quantitative estimate of drug-likeness (QED) is 0.797. The molecule has 1 aromatic heterocycles. The highest BCUT2D eigenvalue weighted by molar-refractivity contribution is 6.32. The summed E-state index contributed by atoms with van der Waals surface area (Å²) in [5.74, 6) is 0.549. The van der Waals surface area contributed by atoms with Gasteiger partial charge in [-0.25, -0.2) is 9.97 Å². The second kappa shape index (κ2) is 7.93. The van der Waals surface area contributed by atoms with E-state index in [0.29, 0.717) is 23.9 Å². The van der Waals surface area contributed by atoms with Gasteiger partial charge in [0.2, 0.25) is 0 Å². The van der Waals surface area contributed by atoms with Crippen LogP contribution in [0.15, 0.2) is 30.6 Å². The van der Waals surface area contributed by atoms with Crippen molar-refractivity contribution in [2.75, 3.05) is 20.3 Å². The van der Waals surface area contributed by atoms with E-state index in [0.717, 1.165) is 17.7 Å². The first-order valence-electron chi connectivity index (χ1n) is 6.63. The number of nitrogens with one attached hydrogen (secondary N) is 1. The first kappa shape index (κ1) is 15.7. The Morgan fingerprint density at radius 2 is 2.00 bits per heavy atom. The lowest BCUT2D eigenvalue weighted by atomic mass is 10.2. The molecule has 2 aromatic rings. The highest BCUT2D eigenvalue weighted by Gasteiger charge is 2.05. The van der Waals surface area contributed by atoms with Crippen molar-refractivity contribution in [3.63, 3.8) is 0 Å². The molecule has 2 rings (SSSR count). The van der Waals surface area contributed by atoms with Gasteiger partial charge in [-0.2, -0.15) is 0 Å². The van der Waals surface area contributed by atoms with E-state index >= 15 is 0 Å². The van der Waals surface area contributed by atoms with Crippen LogP contribution in [0.4, 0.5) is 0 Å². The molecule has 0 fully saturated rings. The molecule has 0 saturated carbocycles. The highest BCUT2D eigenvalue weighted by atomic mass is 35.5. The van der Waals surface area contributed by atoms with Gasteiger partial charge in [0.25, 0.3) is 0 Å². The number of aryl methyl sites for hydroxylation is 1. The predicted octanol–water partition coefficient (Wildman–Crippen LogP) is 2.97. The number of rotatable bonds is 7. The molecule has 0 aliphatic heterocycles. The zero-order valence-electron chi connectivity index (χ0n) is 12.1. The number of hydrogen-bond donors (Lipinski definition) is 1. The minimum Gasteiger partial charge on any atom is -0.423 e. The average molecular weight is 308 g/mol. The van der Waals surface area contributed by atoms with Crippen LogP contribution < -0.4 is 10.1 Å². The van der Waals surface area contributed by atoms with Gasteiger partial charge in [0, 0.05) is 38.2 Å². The van der Waals surface area contributed by atoms with Crippen LogP contribution in [-0.2, 0) is 11.3 Å². The van der Waals surface area contributed by atoms with E-state index in [1.807, 2.05) is 19.1 Å². The molecule has 0 bridgehead atoms. The molecule has 0 unspecified atom stereocenters. The Labute approximate surface area is 129 Å². The number of nitrogens with zero attached hydrogens (tertiary/aromatic N) is 2. The molecule has 1 aromatic carbocycles. The van der Waals surface area contributed by atoms with Crippen molar-refractivity contribution in [1.29, 1.82) is 0 Å². The summed E-state index contributed by atoms with van der Waals surface area (Å²) in [6.07, 6.45) is 3.45. The molecule has 0 spiro atoms. The summed E-state index contributed by atoms with van der Waals surface area (Å²) in [6.45, 7) is 4.12. The minimum atomic E-state index is 0.279. The topological polar surface area (TPSA) is 56.3 Å². The molecule has 5 nitrogen and oxygen atoms in total. The number of aromatic nitrogens is 2. The minimum absolute atomic E-state index is 0.279. The Bertz CT molecular complexity index is 576. The summed E-state index contributed by atoms with van der Waals surface area (Å²) in [7, 11) is 1.67. The molecular weight excluding hydrogens is 290 g/mol. The van der Waals surface area contributed by atoms with Crippen LogP contribution in [0, 0.1) is 6.92 Å². The number of methoxy groups -OCH3 is 1. The fourth-order valence-corrected chi connectivity index (χ4v) is 1.95. The molecule has 6 heteroatoms. The summed E-state index contributed by atoms with van der Waals surface area (Å²) in [5.41, 5.74) is 2.05. The molecule has 0 saturated heterocycles. The fourth-order valence-electron chi connectivity index (χ4n) is 1.68. The maximum atomic E-state index is 6.11. The van der Waals surface area contributed by atoms with Crippen LogP contribution in [0.1, 0.15) is 11.1 Å². The maximum Gasteiger partial charge on any atom is 0.321 e. The first-order chi connectivity index (χ1) is 10.2. The first-order valence-corrected chi connectivity index (χ1v) is 7.01. The van der Waals surface area contributed by atoms with Crippen LogP contribution in [0.2, 0.25) is 5.02 Å². The molecule has 0 amide bonds. The molecular formula is C15H18ClN3O2. The van der Waals surface area contributed by atoms with E-state index in [9.17, 15) is 0 Å². The second-order valence-corrected chi connectivity index (χ2v) is 4.99. The molecule has 1 N–H and O–H groups in total. The number of halogens is 1. The van der Waals surface area contributed by atoms with Gasteiger partial charge in [0.05, 0.1) is 11.6 Å². The monoisotopic (exact) mass is 307 g/mol. The van der Waals surface area contributed by atoms with E-state index in [4.69, 9.17) is 21.1 Å². The lowest BCUT2D eigenvalue weighted by Gasteiger charge is -2.07. The summed E-state index contributed by atoms with van der Waals surface area (Å²) in [6, 6.07) is 5.85. The van der Waals surface area contributed by atoms with Gasteiger partial charge in [-0.1, -0.05) is 17.7 Å². The maximum absolute atomic E-state index is 6.11. The third kappa shape index (κ3) is 4.97. The molecule has 1 heterocycles. The Kier molecular flexibility index (Phi) is 5.92. The van der Waals surface area contributed by atoms with Crippen LogP contribution in [0.25, 0.3) is 0 Å². The normalized spacial score (nSPS) is 10.6. The summed E-state index contributed by atoms with van der Waals surface area (Å²) in [5, 5.41) is 3.77. The standard InChI is InChI=1S/C15H18ClN3O2/c1-11-3-4-14(13(16)7-11)21-15-18-9-12(10-19-15)8-17-5-6-20-2/h3-4,7,9-10,17H,5-6,8H2,1-2H3. The van der Waals surface area contributed by atoms with Crippen LogP contribution in [-0.4, -0.2) is 30.2 Å². The zero-order valence-corrected chi connectivity index (χ0v) is 12.9. The Hall–Kier alpha value is -1.69. The molecule has 0 radical (unpaired) electrons. The van der Waals surface area contributed by atoms with Crippen LogP contribution >= 0.6 is 11.6 Å². The van der Waals surface area contributed by atoms with Gasteiger partial charge in [0.1, 0.15) is 5.75 Å². The molecule has 0 atom stereocenters. The van der Waals surface area contributed by atoms with Gasteiger partial charge >= 0.3 is 6.01 Å². The van der Waals surface area contributed by atoms with Crippen LogP contribution in [0.5, 0.6) is 11.8 Å². The van der Waals surface area contributed by atoms with E-state index in [1.165, 1.54) is 0 Å². The Morgan fingerprint density at radius 3 is 2.67 bits per heavy atom. The van der Waals surface area contributed by atoms with Crippen molar-refractivity contribution >= 4 is 11.6 Å². The van der Waals surface area contributed by atoms with E-state index in [-0.39, 0.29) is 6.01 Å². The zero-order chi connectivity index (χ0) is 15.1. The average Bonchev–Trinajstić information content (AvgIpc) is 2.48. The third-order valence-electron chi connectivity index (χ3n) is 2.78. The SMILES string of the molecule is COCCNCc1cnc(Oc2ccc(C)cc2Cl)nc1. The Balaban J connectivity index is 1.92. The van der Waals surface area contributed by atoms with Crippen molar-refractivity contribution < 1.29 is 9.47 Å². The van der Waals surface area contributed by atoms with Gasteiger partial charge in [-0.15, -0.1) is 0 Å². The second-order valence-electron chi connectivity index (χ2n) is 4.58. The largest absolute Gasteiger partial charge is 0.423 e. The number of benzene rings is 1. The van der Waals surface area contributed by atoms with Gasteiger partial charge in [-0.05, 0) is 24.6 Å². The molecule has 21 heavy (non-hydrogen) atoms.